The molecule has 3 N–H and O–H groups in total. The van der Waals surface area contributed by atoms with E-state index in [4.69, 9.17) is 5.73 Å². The number of rotatable bonds is 2. The molecule has 0 aliphatic heterocycles. The first kappa shape index (κ1) is 11.2. The van der Waals surface area contributed by atoms with Gasteiger partial charge in [-0.1, -0.05) is 0 Å². The Morgan fingerprint density at radius 3 is 2.60 bits per heavy atom. The van der Waals surface area contributed by atoms with Gasteiger partial charge in [-0.3, -0.25) is 4.79 Å². The minimum atomic E-state index is -2.85. The van der Waals surface area contributed by atoms with Crippen molar-refractivity contribution in [1.29, 1.82) is 0 Å². The zero-order chi connectivity index (χ0) is 11.6. The molecular weight excluding hydrogens is 210 g/mol. The normalized spacial score (nSPS) is 10.4. The fourth-order valence-electron chi connectivity index (χ4n) is 1.03. The lowest BCUT2D eigenvalue weighted by Gasteiger charge is -2.05. The Hall–Kier alpha value is -1.92. The molecule has 0 unspecified atom stereocenters. The summed E-state index contributed by atoms with van der Waals surface area (Å²) in [5.41, 5.74) is 2.86. The summed E-state index contributed by atoms with van der Waals surface area (Å²) < 4.78 is 28.7. The van der Waals surface area contributed by atoms with Gasteiger partial charge >= 0.3 is 5.97 Å². The lowest BCUT2D eigenvalue weighted by molar-refractivity contribution is 0.0599. The van der Waals surface area contributed by atoms with E-state index >= 15 is 0 Å². The molecule has 15 heavy (non-hydrogen) atoms. The van der Waals surface area contributed by atoms with Crippen LogP contribution in [0.3, 0.4) is 0 Å². The number of carbonyl (C=O) groups is 1. The number of alkyl halides is 2. The van der Waals surface area contributed by atoms with Crippen molar-refractivity contribution in [2.24, 2.45) is 0 Å². The highest BCUT2D eigenvalue weighted by Crippen LogP contribution is 2.18. The van der Waals surface area contributed by atoms with Crippen LogP contribution >= 0.6 is 0 Å². The number of pyridine rings is 1. The predicted octanol–water partition coefficient (Wildman–Crippen LogP) is 0.681. The van der Waals surface area contributed by atoms with Gasteiger partial charge in [-0.25, -0.2) is 13.6 Å². The van der Waals surface area contributed by atoms with Gasteiger partial charge in [0.15, 0.2) is 0 Å². The van der Waals surface area contributed by atoms with E-state index in [0.717, 1.165) is 13.2 Å². The number of hydrogen-bond acceptors (Lipinski definition) is 4. The van der Waals surface area contributed by atoms with Crippen molar-refractivity contribution >= 4 is 11.7 Å². The summed E-state index contributed by atoms with van der Waals surface area (Å²) in [6.45, 7) is 0. The second-order valence-electron chi connectivity index (χ2n) is 2.68. The second-order valence-corrected chi connectivity index (χ2v) is 2.68. The number of ether oxygens (including phenoxy) is 1. The van der Waals surface area contributed by atoms with Crippen LogP contribution in [0.15, 0.2) is 10.9 Å². The van der Waals surface area contributed by atoms with Crippen LogP contribution in [0.2, 0.25) is 0 Å². The highest BCUT2D eigenvalue weighted by Gasteiger charge is 2.18. The van der Waals surface area contributed by atoms with E-state index in [0.29, 0.717) is 0 Å². The van der Waals surface area contributed by atoms with Gasteiger partial charge in [-0.05, 0) is 6.07 Å². The maximum atomic E-state index is 12.2. The standard InChI is InChI=1S/C8H8F2N2O3/c1-15-8(14)5-3(11)2-4(6(9)10)12-7(5)13/h2,6H,1H3,(H3,11,12,13). The molecule has 82 valence electrons. The smallest absolute Gasteiger partial charge is 0.345 e. The molecule has 0 saturated heterocycles. The molecule has 0 atom stereocenters. The number of halogens is 2. The van der Waals surface area contributed by atoms with Gasteiger partial charge in [0.25, 0.3) is 12.0 Å². The molecule has 0 aromatic carbocycles. The molecule has 1 heterocycles. The number of aromatic nitrogens is 1. The van der Waals surface area contributed by atoms with E-state index in [1.54, 1.807) is 0 Å². The molecule has 7 heteroatoms. The third-order valence-electron chi connectivity index (χ3n) is 1.71. The predicted molar refractivity (Wildman–Crippen MR) is 47.8 cm³/mol. The SMILES string of the molecule is COC(=O)c1c(N)cc(C(F)F)[nH]c1=O. The van der Waals surface area contributed by atoms with Gasteiger partial charge in [-0.15, -0.1) is 0 Å². The van der Waals surface area contributed by atoms with Gasteiger partial charge in [0, 0.05) is 0 Å². The van der Waals surface area contributed by atoms with Gasteiger partial charge in [0.1, 0.15) is 5.56 Å². The van der Waals surface area contributed by atoms with Crippen LogP contribution in [0, 0.1) is 0 Å². The number of nitrogen functional groups attached to an aromatic ring is 1. The van der Waals surface area contributed by atoms with Crippen LogP contribution < -0.4 is 11.3 Å². The molecule has 0 amide bonds. The molecule has 0 aliphatic carbocycles. The van der Waals surface area contributed by atoms with Crippen LogP contribution in [0.5, 0.6) is 0 Å². The summed E-state index contributed by atoms with van der Waals surface area (Å²) in [5.74, 6) is -0.963. The first-order valence-electron chi connectivity index (χ1n) is 3.86. The van der Waals surface area contributed by atoms with Gasteiger partial charge < -0.3 is 15.5 Å². The molecule has 0 radical (unpaired) electrons. The maximum absolute atomic E-state index is 12.2. The molecule has 5 nitrogen and oxygen atoms in total. The number of methoxy groups -OCH3 is 1. The summed E-state index contributed by atoms with van der Waals surface area (Å²) in [6.07, 6.45) is -2.85. The van der Waals surface area contributed by atoms with Crippen LogP contribution in [-0.4, -0.2) is 18.1 Å². The Morgan fingerprint density at radius 2 is 2.20 bits per heavy atom. The summed E-state index contributed by atoms with van der Waals surface area (Å²) in [7, 11) is 1.06. The van der Waals surface area contributed by atoms with Crippen molar-refractivity contribution in [1.82, 2.24) is 4.98 Å². The van der Waals surface area contributed by atoms with E-state index < -0.39 is 29.2 Å². The third kappa shape index (κ3) is 2.12. The topological polar surface area (TPSA) is 85.2 Å². The summed E-state index contributed by atoms with van der Waals surface area (Å²) in [4.78, 5) is 24.1. The van der Waals surface area contributed by atoms with E-state index in [1.807, 2.05) is 4.98 Å². The van der Waals surface area contributed by atoms with Crippen molar-refractivity contribution in [3.8, 4) is 0 Å². The maximum Gasteiger partial charge on any atom is 0.345 e. The number of carbonyl (C=O) groups excluding carboxylic acids is 1. The second kappa shape index (κ2) is 4.07. The largest absolute Gasteiger partial charge is 0.465 e. The monoisotopic (exact) mass is 218 g/mol. The Kier molecular flexibility index (Phi) is 3.03. The van der Waals surface area contributed by atoms with Crippen molar-refractivity contribution in [2.45, 2.75) is 6.43 Å². The fourth-order valence-corrected chi connectivity index (χ4v) is 1.03. The molecule has 1 aromatic rings. The summed E-state index contributed by atoms with van der Waals surface area (Å²) in [5, 5.41) is 0. The molecule has 1 aromatic heterocycles. The fraction of sp³-hybridized carbons (Fsp3) is 0.250. The third-order valence-corrected chi connectivity index (χ3v) is 1.71. The van der Waals surface area contributed by atoms with Gasteiger partial charge in [-0.2, -0.15) is 0 Å². The highest BCUT2D eigenvalue weighted by molar-refractivity contribution is 5.94. The van der Waals surface area contributed by atoms with Crippen molar-refractivity contribution < 1.29 is 18.3 Å². The molecule has 1 rings (SSSR count). The Morgan fingerprint density at radius 1 is 1.60 bits per heavy atom. The quantitative estimate of drug-likeness (QED) is 0.715. The number of esters is 1. The molecule has 0 fully saturated rings. The number of anilines is 1. The number of nitrogens with two attached hydrogens (primary N) is 1. The van der Waals surface area contributed by atoms with Crippen molar-refractivity contribution in [2.75, 3.05) is 12.8 Å². The van der Waals surface area contributed by atoms with E-state index in [1.165, 1.54) is 0 Å². The van der Waals surface area contributed by atoms with Gasteiger partial charge in [0.2, 0.25) is 0 Å². The van der Waals surface area contributed by atoms with Gasteiger partial charge in [0.05, 0.1) is 18.5 Å². The minimum absolute atomic E-state index is 0.332. The van der Waals surface area contributed by atoms with Crippen LogP contribution in [0.4, 0.5) is 14.5 Å². The number of aromatic amines is 1. The lowest BCUT2D eigenvalue weighted by Crippen LogP contribution is -2.22. The van der Waals surface area contributed by atoms with Crippen molar-refractivity contribution in [3.05, 3.63) is 27.7 Å². The van der Waals surface area contributed by atoms with E-state index in [2.05, 4.69) is 4.74 Å². The van der Waals surface area contributed by atoms with Crippen LogP contribution in [0.1, 0.15) is 22.5 Å². The minimum Gasteiger partial charge on any atom is -0.465 e. The molecule has 0 bridgehead atoms. The summed E-state index contributed by atoms with van der Waals surface area (Å²) >= 11 is 0. The average Bonchev–Trinajstić information content (AvgIpc) is 2.16. The highest BCUT2D eigenvalue weighted by atomic mass is 19.3. The first-order valence-corrected chi connectivity index (χ1v) is 3.86. The van der Waals surface area contributed by atoms with E-state index in [9.17, 15) is 18.4 Å². The molecular formula is C8H8F2N2O3. The molecule has 0 aliphatic rings. The zero-order valence-electron chi connectivity index (χ0n) is 7.71. The molecule has 0 saturated carbocycles. The van der Waals surface area contributed by atoms with Crippen molar-refractivity contribution in [3.63, 3.8) is 0 Å². The number of hydrogen-bond donors (Lipinski definition) is 2. The van der Waals surface area contributed by atoms with Crippen LogP contribution in [0.25, 0.3) is 0 Å². The average molecular weight is 218 g/mol. The summed E-state index contributed by atoms with van der Waals surface area (Å²) in [6, 6.07) is 0.832. The zero-order valence-corrected chi connectivity index (χ0v) is 7.71. The number of H-pyrrole nitrogens is 1. The lowest BCUT2D eigenvalue weighted by atomic mass is 10.2. The Balaban J connectivity index is 3.34. The Bertz CT molecular complexity index is 442. The van der Waals surface area contributed by atoms with Crippen LogP contribution in [-0.2, 0) is 4.74 Å². The van der Waals surface area contributed by atoms with E-state index in [-0.39, 0.29) is 5.69 Å². The molecule has 0 spiro atoms. The first-order chi connectivity index (χ1) is 6.97. The number of nitrogens with one attached hydrogen (secondary N) is 1. The Labute approximate surface area is 82.9 Å².